The average molecular weight is 458 g/mol. The van der Waals surface area contributed by atoms with Crippen molar-refractivity contribution in [2.75, 3.05) is 25.0 Å². The number of carbonyl (C=O) groups is 1. The molecular weight excluding hydrogens is 429 g/mol. The summed E-state index contributed by atoms with van der Waals surface area (Å²) in [6.45, 7) is 2.19. The van der Waals surface area contributed by atoms with Gasteiger partial charge in [-0.1, -0.05) is 36.4 Å². The van der Waals surface area contributed by atoms with Gasteiger partial charge in [-0.05, 0) is 68.1 Å². The molecule has 0 bridgehead atoms. The Labute approximate surface area is 199 Å². The van der Waals surface area contributed by atoms with E-state index in [0.29, 0.717) is 30.0 Å². The molecule has 2 heterocycles. The van der Waals surface area contributed by atoms with Gasteiger partial charge in [-0.15, -0.1) is 0 Å². The first-order chi connectivity index (χ1) is 16.6. The monoisotopic (exact) mass is 457 g/mol. The maximum atomic E-state index is 13.6. The van der Waals surface area contributed by atoms with Crippen LogP contribution in [0.4, 0.5) is 10.2 Å². The number of hydrogen-bond acceptors (Lipinski definition) is 5. The van der Waals surface area contributed by atoms with Gasteiger partial charge in [-0.2, -0.15) is 5.26 Å². The van der Waals surface area contributed by atoms with Crippen LogP contribution in [0.5, 0.6) is 0 Å². The first kappa shape index (κ1) is 23.4. The molecule has 6 nitrogen and oxygen atoms in total. The van der Waals surface area contributed by atoms with E-state index < -0.39 is 5.92 Å². The fourth-order valence-electron chi connectivity index (χ4n) is 4.65. The molecule has 1 aliphatic heterocycles. The summed E-state index contributed by atoms with van der Waals surface area (Å²) in [5.41, 5.74) is 9.42. The molecule has 1 aliphatic rings. The number of pyridine rings is 1. The molecule has 3 aromatic rings. The molecule has 4 rings (SSSR count). The molecule has 34 heavy (non-hydrogen) atoms. The number of halogens is 1. The topological polar surface area (TPSA) is 104 Å². The number of nitrogens with zero attached hydrogens (tertiary/aromatic N) is 2. The quantitative estimate of drug-likeness (QED) is 0.475. The number of nitrogens with one attached hydrogen (secondary N) is 2. The predicted molar refractivity (Wildman–Crippen MR) is 131 cm³/mol. The summed E-state index contributed by atoms with van der Waals surface area (Å²) in [6.07, 6.45) is 2.30. The molecule has 0 spiro atoms. The van der Waals surface area contributed by atoms with E-state index in [-0.39, 0.29) is 17.6 Å². The maximum Gasteiger partial charge on any atom is 0.225 e. The highest BCUT2D eigenvalue weighted by molar-refractivity contribution is 5.84. The summed E-state index contributed by atoms with van der Waals surface area (Å²) in [5.74, 6) is -0.407. The number of benzene rings is 2. The Morgan fingerprint density at radius 2 is 1.97 bits per heavy atom. The van der Waals surface area contributed by atoms with Crippen LogP contribution in [0.25, 0.3) is 11.3 Å². The summed E-state index contributed by atoms with van der Waals surface area (Å²) in [4.78, 5) is 17.4. The summed E-state index contributed by atoms with van der Waals surface area (Å²) in [7, 11) is 0. The number of amides is 1. The summed E-state index contributed by atoms with van der Waals surface area (Å²) in [6, 6.07) is 19.7. The van der Waals surface area contributed by atoms with E-state index in [9.17, 15) is 14.4 Å². The van der Waals surface area contributed by atoms with Crippen molar-refractivity contribution in [2.24, 2.45) is 11.7 Å². The second-order valence-corrected chi connectivity index (χ2v) is 8.57. The highest BCUT2D eigenvalue weighted by Gasteiger charge is 2.32. The molecule has 0 radical (unpaired) electrons. The van der Waals surface area contributed by atoms with Gasteiger partial charge in [0, 0.05) is 17.7 Å². The van der Waals surface area contributed by atoms with Gasteiger partial charge in [0.1, 0.15) is 11.6 Å². The average Bonchev–Trinajstić information content (AvgIpc) is 2.85. The Hall–Kier alpha value is -3.76. The number of carbonyl (C=O) groups excluding carboxylic acids is 1. The van der Waals surface area contributed by atoms with Crippen molar-refractivity contribution >= 4 is 11.7 Å². The minimum absolute atomic E-state index is 0.126. The molecule has 1 saturated heterocycles. The number of anilines is 1. The number of nitrogens with two attached hydrogens (primary N) is 1. The van der Waals surface area contributed by atoms with Gasteiger partial charge in [-0.25, -0.2) is 9.37 Å². The molecule has 1 aromatic heterocycles. The molecular formula is C27H28FN5O. The Balaban J connectivity index is 1.69. The third-order valence-corrected chi connectivity index (χ3v) is 6.34. The molecule has 1 fully saturated rings. The summed E-state index contributed by atoms with van der Waals surface area (Å²) in [5, 5.41) is 16.2. The van der Waals surface area contributed by atoms with Crippen LogP contribution in [0.15, 0.2) is 60.7 Å². The van der Waals surface area contributed by atoms with E-state index >= 15 is 0 Å². The van der Waals surface area contributed by atoms with Gasteiger partial charge < -0.3 is 16.4 Å². The zero-order valence-corrected chi connectivity index (χ0v) is 18.9. The van der Waals surface area contributed by atoms with Crippen LogP contribution in [0, 0.1) is 23.1 Å². The third kappa shape index (κ3) is 5.41. The lowest BCUT2D eigenvalue weighted by Crippen LogP contribution is -2.36. The van der Waals surface area contributed by atoms with Crippen molar-refractivity contribution in [3.63, 3.8) is 0 Å². The van der Waals surface area contributed by atoms with E-state index in [0.717, 1.165) is 42.6 Å². The Bertz CT molecular complexity index is 1200. The van der Waals surface area contributed by atoms with Gasteiger partial charge in [-0.3, -0.25) is 4.79 Å². The van der Waals surface area contributed by atoms with E-state index in [1.165, 1.54) is 12.1 Å². The van der Waals surface area contributed by atoms with Crippen LogP contribution in [-0.2, 0) is 11.2 Å². The summed E-state index contributed by atoms with van der Waals surface area (Å²) < 4.78 is 13.6. The predicted octanol–water partition coefficient (Wildman–Crippen LogP) is 3.98. The Kier molecular flexibility index (Phi) is 7.51. The smallest absolute Gasteiger partial charge is 0.225 e. The molecule has 1 unspecified atom stereocenters. The van der Waals surface area contributed by atoms with Crippen LogP contribution in [0.3, 0.4) is 0 Å². The van der Waals surface area contributed by atoms with Crippen LogP contribution >= 0.6 is 0 Å². The third-order valence-electron chi connectivity index (χ3n) is 6.34. The minimum Gasteiger partial charge on any atom is -0.369 e. The first-order valence-corrected chi connectivity index (χ1v) is 11.6. The molecule has 174 valence electrons. The van der Waals surface area contributed by atoms with Gasteiger partial charge in [0.05, 0.1) is 23.2 Å². The fourth-order valence-corrected chi connectivity index (χ4v) is 4.65. The largest absolute Gasteiger partial charge is 0.369 e. The number of aromatic nitrogens is 1. The lowest BCUT2D eigenvalue weighted by molar-refractivity contribution is -0.120. The van der Waals surface area contributed by atoms with E-state index in [1.807, 2.05) is 36.4 Å². The summed E-state index contributed by atoms with van der Waals surface area (Å²) >= 11 is 0. The SMILES string of the molecule is N#Cc1ccccc1-c1ccc(C(C(N)=O)C2CCNCC2)c(NCCc2cccc(F)c2)n1. The second kappa shape index (κ2) is 10.9. The zero-order valence-electron chi connectivity index (χ0n) is 18.9. The zero-order chi connectivity index (χ0) is 23.9. The van der Waals surface area contributed by atoms with Crippen LogP contribution in [-0.4, -0.2) is 30.5 Å². The highest BCUT2D eigenvalue weighted by atomic mass is 19.1. The normalized spacial score (nSPS) is 14.8. The second-order valence-electron chi connectivity index (χ2n) is 8.57. The molecule has 1 amide bonds. The van der Waals surface area contributed by atoms with Crippen molar-refractivity contribution in [1.29, 1.82) is 5.26 Å². The van der Waals surface area contributed by atoms with Gasteiger partial charge in [0.15, 0.2) is 0 Å². The lowest BCUT2D eigenvalue weighted by Gasteiger charge is -2.30. The number of hydrogen-bond donors (Lipinski definition) is 3. The first-order valence-electron chi connectivity index (χ1n) is 11.6. The Morgan fingerprint density at radius 3 is 2.71 bits per heavy atom. The molecule has 7 heteroatoms. The number of rotatable bonds is 8. The van der Waals surface area contributed by atoms with E-state index in [4.69, 9.17) is 10.7 Å². The molecule has 0 aliphatic carbocycles. The van der Waals surface area contributed by atoms with Crippen molar-refractivity contribution in [1.82, 2.24) is 10.3 Å². The van der Waals surface area contributed by atoms with Gasteiger partial charge >= 0.3 is 0 Å². The van der Waals surface area contributed by atoms with Crippen molar-refractivity contribution in [2.45, 2.75) is 25.2 Å². The van der Waals surface area contributed by atoms with E-state index in [1.54, 1.807) is 12.1 Å². The fraction of sp³-hybridized carbons (Fsp3) is 0.296. The van der Waals surface area contributed by atoms with E-state index in [2.05, 4.69) is 16.7 Å². The van der Waals surface area contributed by atoms with Gasteiger partial charge in [0.2, 0.25) is 5.91 Å². The molecule has 1 atom stereocenters. The van der Waals surface area contributed by atoms with Crippen molar-refractivity contribution in [3.8, 4) is 17.3 Å². The maximum absolute atomic E-state index is 13.6. The standard InChI is InChI=1S/C27H28FN5O/c28-21-6-3-4-18(16-21)10-15-32-27-23(25(26(30)34)19-11-13-31-14-12-19)8-9-24(33-27)22-7-2-1-5-20(22)17-29/h1-9,16,19,25,31H,10-15H2,(H2,30,34)(H,32,33). The van der Waals surface area contributed by atoms with Gasteiger partial charge in [0.25, 0.3) is 0 Å². The molecule has 4 N–H and O–H groups in total. The van der Waals surface area contributed by atoms with Crippen molar-refractivity contribution < 1.29 is 9.18 Å². The number of nitriles is 1. The Morgan fingerprint density at radius 1 is 1.18 bits per heavy atom. The number of piperidine rings is 1. The van der Waals surface area contributed by atoms with Crippen molar-refractivity contribution in [3.05, 3.63) is 83.2 Å². The van der Waals surface area contributed by atoms with Crippen LogP contribution in [0.1, 0.15) is 35.4 Å². The van der Waals surface area contributed by atoms with Crippen LogP contribution < -0.4 is 16.4 Å². The molecule has 2 aromatic carbocycles. The number of primary amides is 1. The molecule has 0 saturated carbocycles. The highest BCUT2D eigenvalue weighted by Crippen LogP contribution is 2.36. The lowest BCUT2D eigenvalue weighted by atomic mass is 9.80. The minimum atomic E-state index is -0.466. The van der Waals surface area contributed by atoms with Crippen LogP contribution in [0.2, 0.25) is 0 Å².